The standard InChI is InChI=1S/C59H96NO8P/c1-3-5-7-9-11-13-15-17-19-21-22-23-24-25-26-27-28-29-30-31-32-33-34-36-38-40-42-44-46-48-50-52-59(62)68-57(56-67-69(63,64)66-54-53-60)55-65-58(61)51-49-47-45-43-41-39-37-35-20-18-16-14-12-10-8-6-4-2/h5,7,11-14,17-20,22-23,25-26,28-29,31-32,34,36,40,42,57H,3-4,6,8-10,15-16,21,24,27,30,33,35,37-39,41,43-56,60H2,1-2H3,(H,63,64)/b7-5-,13-11-,14-12-,19-17-,20-18-,23-22-,26-25-,29-28-,32-31-,36-34-,42-40-. The van der Waals surface area contributed by atoms with Crippen LogP contribution in [0.4, 0.5) is 0 Å². The Kier molecular flexibility index (Phi) is 50.5. The van der Waals surface area contributed by atoms with Gasteiger partial charge in [0.05, 0.1) is 13.2 Å². The SMILES string of the molecule is CC/C=C\C/C=C\C/C=C\C/C=C\C/C=C\C/C=C\C/C=C\C/C=C\C/C=C\CCCCCC(=O)OC(COC(=O)CCCCCCCCC/C=C\C/C=C\CCCCC)COP(=O)(O)OCCN. The first-order chi connectivity index (χ1) is 33.8. The van der Waals surface area contributed by atoms with Gasteiger partial charge in [-0.05, 0) is 116 Å². The molecule has 0 saturated heterocycles. The number of nitrogens with two attached hydrogens (primary N) is 1. The van der Waals surface area contributed by atoms with Crippen LogP contribution in [0.25, 0.3) is 0 Å². The Hall–Kier alpha value is -3.85. The third-order valence-electron chi connectivity index (χ3n) is 10.5. The number of carbonyl (C=O) groups is 2. The Morgan fingerprint density at radius 2 is 0.797 bits per heavy atom. The van der Waals surface area contributed by atoms with E-state index >= 15 is 0 Å². The third-order valence-corrected chi connectivity index (χ3v) is 11.5. The molecule has 9 nitrogen and oxygen atoms in total. The van der Waals surface area contributed by atoms with Crippen LogP contribution in [0.2, 0.25) is 0 Å². The van der Waals surface area contributed by atoms with Gasteiger partial charge in [0.15, 0.2) is 6.10 Å². The van der Waals surface area contributed by atoms with E-state index in [2.05, 4.69) is 148 Å². The molecule has 0 rings (SSSR count). The number of allylic oxidation sites excluding steroid dienone is 22. The molecule has 0 bridgehead atoms. The van der Waals surface area contributed by atoms with E-state index in [9.17, 15) is 19.0 Å². The van der Waals surface area contributed by atoms with Crippen molar-refractivity contribution in [1.29, 1.82) is 0 Å². The highest BCUT2D eigenvalue weighted by Gasteiger charge is 2.26. The van der Waals surface area contributed by atoms with Crippen LogP contribution in [-0.4, -0.2) is 49.3 Å². The van der Waals surface area contributed by atoms with E-state index in [-0.39, 0.29) is 32.6 Å². The zero-order chi connectivity index (χ0) is 50.2. The summed E-state index contributed by atoms with van der Waals surface area (Å²) in [6, 6.07) is 0. The van der Waals surface area contributed by atoms with Crippen molar-refractivity contribution in [2.75, 3.05) is 26.4 Å². The second kappa shape index (κ2) is 53.5. The van der Waals surface area contributed by atoms with E-state index in [1.165, 1.54) is 44.9 Å². The Morgan fingerprint density at radius 3 is 1.20 bits per heavy atom. The number of esters is 2. The van der Waals surface area contributed by atoms with Gasteiger partial charge in [-0.1, -0.05) is 199 Å². The fraction of sp³-hybridized carbons (Fsp3) is 0.593. The van der Waals surface area contributed by atoms with E-state index < -0.39 is 32.5 Å². The van der Waals surface area contributed by atoms with Gasteiger partial charge in [-0.2, -0.15) is 0 Å². The van der Waals surface area contributed by atoms with Crippen molar-refractivity contribution >= 4 is 19.8 Å². The summed E-state index contributed by atoms with van der Waals surface area (Å²) in [5.41, 5.74) is 5.37. The van der Waals surface area contributed by atoms with Gasteiger partial charge < -0.3 is 20.1 Å². The molecule has 69 heavy (non-hydrogen) atoms. The van der Waals surface area contributed by atoms with Crippen LogP contribution in [0, 0.1) is 0 Å². The minimum Gasteiger partial charge on any atom is -0.462 e. The molecule has 0 saturated carbocycles. The number of ether oxygens (including phenoxy) is 2. The maximum atomic E-state index is 12.7. The number of unbranched alkanes of at least 4 members (excludes halogenated alkanes) is 13. The summed E-state index contributed by atoms with van der Waals surface area (Å²) < 4.78 is 32.9. The monoisotopic (exact) mass is 978 g/mol. The van der Waals surface area contributed by atoms with Crippen LogP contribution in [0.1, 0.15) is 194 Å². The Balaban J connectivity index is 4.16. The van der Waals surface area contributed by atoms with Crippen LogP contribution in [0.3, 0.4) is 0 Å². The second-order valence-corrected chi connectivity index (χ2v) is 18.5. The van der Waals surface area contributed by atoms with Crippen molar-refractivity contribution in [3.8, 4) is 0 Å². The summed E-state index contributed by atoms with van der Waals surface area (Å²) in [6.07, 6.45) is 74.9. The molecule has 0 aromatic carbocycles. The molecule has 2 atom stereocenters. The predicted molar refractivity (Wildman–Crippen MR) is 293 cm³/mol. The van der Waals surface area contributed by atoms with E-state index in [0.717, 1.165) is 109 Å². The lowest BCUT2D eigenvalue weighted by Crippen LogP contribution is -2.29. The zero-order valence-corrected chi connectivity index (χ0v) is 44.1. The number of hydrogen-bond donors (Lipinski definition) is 2. The number of rotatable bonds is 48. The summed E-state index contributed by atoms with van der Waals surface area (Å²) in [7, 11) is -4.41. The molecule has 0 amide bonds. The average Bonchev–Trinajstić information content (AvgIpc) is 3.34. The van der Waals surface area contributed by atoms with Crippen molar-refractivity contribution in [2.45, 2.75) is 200 Å². The van der Waals surface area contributed by atoms with Crippen molar-refractivity contribution in [1.82, 2.24) is 0 Å². The van der Waals surface area contributed by atoms with Gasteiger partial charge in [-0.25, -0.2) is 4.57 Å². The Bertz CT molecular complexity index is 1580. The highest BCUT2D eigenvalue weighted by Crippen LogP contribution is 2.43. The van der Waals surface area contributed by atoms with Gasteiger partial charge in [0.1, 0.15) is 6.61 Å². The molecular weight excluding hydrogens is 882 g/mol. The van der Waals surface area contributed by atoms with Gasteiger partial charge in [-0.3, -0.25) is 18.6 Å². The molecule has 390 valence electrons. The molecule has 2 unspecified atom stereocenters. The normalized spacial score (nSPS) is 14.2. The van der Waals surface area contributed by atoms with Crippen molar-refractivity contribution in [3.63, 3.8) is 0 Å². The van der Waals surface area contributed by atoms with E-state index in [4.69, 9.17) is 24.3 Å². The molecule has 0 aliphatic heterocycles. The largest absolute Gasteiger partial charge is 0.472 e. The maximum absolute atomic E-state index is 12.7. The topological polar surface area (TPSA) is 134 Å². The van der Waals surface area contributed by atoms with Crippen LogP contribution in [0.5, 0.6) is 0 Å². The van der Waals surface area contributed by atoms with Crippen LogP contribution in [-0.2, 0) is 32.7 Å². The molecule has 0 aliphatic carbocycles. The second-order valence-electron chi connectivity index (χ2n) is 17.0. The third kappa shape index (κ3) is 53.4. The van der Waals surface area contributed by atoms with Crippen LogP contribution >= 0.6 is 7.82 Å². The molecule has 10 heteroatoms. The summed E-state index contributed by atoms with van der Waals surface area (Å²) in [6.45, 7) is 3.53. The molecule has 0 aliphatic rings. The van der Waals surface area contributed by atoms with Gasteiger partial charge in [0.2, 0.25) is 0 Å². The number of phosphoric acid groups is 1. The number of hydrogen-bond acceptors (Lipinski definition) is 8. The van der Waals surface area contributed by atoms with Gasteiger partial charge in [0.25, 0.3) is 0 Å². The molecule has 0 radical (unpaired) electrons. The summed E-state index contributed by atoms with van der Waals surface area (Å²) in [5, 5.41) is 0. The lowest BCUT2D eigenvalue weighted by molar-refractivity contribution is -0.161. The van der Waals surface area contributed by atoms with Crippen LogP contribution < -0.4 is 5.73 Å². The van der Waals surface area contributed by atoms with E-state index in [1.54, 1.807) is 0 Å². The molecule has 0 spiro atoms. The van der Waals surface area contributed by atoms with Gasteiger partial charge in [0, 0.05) is 19.4 Å². The predicted octanol–water partition coefficient (Wildman–Crippen LogP) is 16.6. The molecule has 0 fully saturated rings. The summed E-state index contributed by atoms with van der Waals surface area (Å²) in [4.78, 5) is 35.1. The molecule has 0 aromatic heterocycles. The average molecular weight is 978 g/mol. The fourth-order valence-corrected chi connectivity index (χ4v) is 7.36. The molecule has 0 aromatic rings. The molecular formula is C59H96NO8P. The first-order valence-electron chi connectivity index (χ1n) is 26.7. The lowest BCUT2D eigenvalue weighted by Gasteiger charge is -2.19. The Morgan fingerprint density at radius 1 is 0.449 bits per heavy atom. The van der Waals surface area contributed by atoms with Gasteiger partial charge >= 0.3 is 19.8 Å². The maximum Gasteiger partial charge on any atom is 0.472 e. The number of phosphoric ester groups is 1. The van der Waals surface area contributed by atoms with E-state index in [1.807, 2.05) is 0 Å². The highest BCUT2D eigenvalue weighted by molar-refractivity contribution is 7.47. The quantitative estimate of drug-likeness (QED) is 0.0264. The fourth-order valence-electron chi connectivity index (χ4n) is 6.60. The highest BCUT2D eigenvalue weighted by atomic mass is 31.2. The number of carbonyl (C=O) groups excluding carboxylic acids is 2. The summed E-state index contributed by atoms with van der Waals surface area (Å²) >= 11 is 0. The minimum absolute atomic E-state index is 0.0388. The zero-order valence-electron chi connectivity index (χ0n) is 43.2. The first kappa shape index (κ1) is 65.1. The van der Waals surface area contributed by atoms with E-state index in [0.29, 0.717) is 12.8 Å². The van der Waals surface area contributed by atoms with Crippen molar-refractivity contribution in [3.05, 3.63) is 134 Å². The van der Waals surface area contributed by atoms with Crippen molar-refractivity contribution in [2.24, 2.45) is 5.73 Å². The smallest absolute Gasteiger partial charge is 0.462 e. The summed E-state index contributed by atoms with van der Waals surface area (Å²) in [5.74, 6) is -0.887. The van der Waals surface area contributed by atoms with Gasteiger partial charge in [-0.15, -0.1) is 0 Å². The molecule has 3 N–H and O–H groups in total. The van der Waals surface area contributed by atoms with Crippen LogP contribution in [0.15, 0.2) is 134 Å². The molecule has 0 heterocycles. The van der Waals surface area contributed by atoms with Crippen molar-refractivity contribution < 1.29 is 37.6 Å². The first-order valence-corrected chi connectivity index (χ1v) is 28.2. The lowest BCUT2D eigenvalue weighted by atomic mass is 10.1. The Labute approximate surface area is 421 Å². The minimum atomic E-state index is -4.41.